The Bertz CT molecular complexity index is 1020. The van der Waals surface area contributed by atoms with Crippen LogP contribution in [0, 0.1) is 11.7 Å². The zero-order valence-electron chi connectivity index (χ0n) is 15.6. The molecule has 1 aliphatic rings. The minimum absolute atomic E-state index is 0.0333. The van der Waals surface area contributed by atoms with Gasteiger partial charge in [-0.2, -0.15) is 0 Å². The molecule has 6 nitrogen and oxygen atoms in total. The summed E-state index contributed by atoms with van der Waals surface area (Å²) in [4.78, 5) is 17.4. The predicted molar refractivity (Wildman–Crippen MR) is 105 cm³/mol. The van der Waals surface area contributed by atoms with Crippen molar-refractivity contribution in [1.29, 1.82) is 0 Å². The summed E-state index contributed by atoms with van der Waals surface area (Å²) in [5, 5.41) is 2.71. The van der Waals surface area contributed by atoms with Crippen LogP contribution in [-0.2, 0) is 21.4 Å². The van der Waals surface area contributed by atoms with Crippen LogP contribution >= 0.6 is 0 Å². The van der Waals surface area contributed by atoms with Gasteiger partial charge in [-0.3, -0.25) is 14.5 Å². The average Bonchev–Trinajstić information content (AvgIpc) is 2.95. The Morgan fingerprint density at radius 2 is 1.86 bits per heavy atom. The van der Waals surface area contributed by atoms with Gasteiger partial charge in [0.15, 0.2) is 0 Å². The number of halogens is 1. The van der Waals surface area contributed by atoms with Gasteiger partial charge < -0.3 is 5.32 Å². The second kappa shape index (κ2) is 8.10. The summed E-state index contributed by atoms with van der Waals surface area (Å²) in [6, 6.07) is 11.9. The van der Waals surface area contributed by atoms with E-state index in [1.165, 1.54) is 12.1 Å². The summed E-state index contributed by atoms with van der Waals surface area (Å²) >= 11 is 0. The molecule has 0 aliphatic carbocycles. The summed E-state index contributed by atoms with van der Waals surface area (Å²) in [5.41, 5.74) is 0.816. The van der Waals surface area contributed by atoms with Crippen LogP contribution in [0.15, 0.2) is 58.4 Å². The topological polar surface area (TPSA) is 87.6 Å². The molecule has 2 N–H and O–H groups in total. The average molecular weight is 403 g/mol. The van der Waals surface area contributed by atoms with Gasteiger partial charge in [-0.05, 0) is 24.1 Å². The molecule has 1 heterocycles. The third-order valence-electron chi connectivity index (χ3n) is 4.79. The van der Waals surface area contributed by atoms with Gasteiger partial charge in [0, 0.05) is 17.7 Å². The summed E-state index contributed by atoms with van der Waals surface area (Å²) in [6.45, 7) is 3.83. The van der Waals surface area contributed by atoms with Crippen molar-refractivity contribution in [2.45, 2.75) is 37.8 Å². The Hall–Kier alpha value is -2.74. The molecule has 0 aromatic heterocycles. The molecule has 1 aliphatic heterocycles. The summed E-state index contributed by atoms with van der Waals surface area (Å²) in [6.07, 6.45) is 0.670. The number of carbonyl (C=O) groups excluding carboxylic acids is 1. The maximum Gasteiger partial charge on any atom is 0.263 e. The first kappa shape index (κ1) is 20.0. The molecule has 0 saturated heterocycles. The van der Waals surface area contributed by atoms with Crippen molar-refractivity contribution in [2.75, 3.05) is 0 Å². The molecule has 0 unspecified atom stereocenters. The van der Waals surface area contributed by atoms with Gasteiger partial charge in [0.1, 0.15) is 17.7 Å². The predicted octanol–water partition coefficient (Wildman–Crippen LogP) is 2.60. The van der Waals surface area contributed by atoms with E-state index < -0.39 is 21.9 Å². The van der Waals surface area contributed by atoms with Gasteiger partial charge in [-0.15, -0.1) is 0 Å². The largest absolute Gasteiger partial charge is 0.350 e. The van der Waals surface area contributed by atoms with Gasteiger partial charge in [-0.1, -0.05) is 50.6 Å². The third kappa shape index (κ3) is 4.06. The van der Waals surface area contributed by atoms with E-state index >= 15 is 0 Å². The molecule has 2 aromatic rings. The normalized spacial score (nSPS) is 18.2. The van der Waals surface area contributed by atoms with Crippen molar-refractivity contribution in [2.24, 2.45) is 10.9 Å². The number of hydrogen-bond donors (Lipinski definition) is 2. The minimum Gasteiger partial charge on any atom is -0.350 e. The second-order valence-electron chi connectivity index (χ2n) is 6.72. The van der Waals surface area contributed by atoms with E-state index in [1.807, 2.05) is 13.8 Å². The van der Waals surface area contributed by atoms with Crippen LogP contribution in [0.5, 0.6) is 0 Å². The van der Waals surface area contributed by atoms with Crippen LogP contribution in [0.4, 0.5) is 4.39 Å². The molecule has 8 heteroatoms. The van der Waals surface area contributed by atoms with Crippen LogP contribution in [0.3, 0.4) is 0 Å². The zero-order valence-corrected chi connectivity index (χ0v) is 16.5. The number of carbonyl (C=O) groups is 1. The SMILES string of the molecule is CC[C@H](C)[C@H](N=C1NS(=O)(=O)c2ccccc21)C(=O)NCc1ccccc1F. The van der Waals surface area contributed by atoms with Crippen molar-refractivity contribution in [3.05, 3.63) is 65.5 Å². The van der Waals surface area contributed by atoms with Crippen LogP contribution in [0.2, 0.25) is 0 Å². The number of amidine groups is 1. The van der Waals surface area contributed by atoms with Crippen LogP contribution < -0.4 is 10.0 Å². The summed E-state index contributed by atoms with van der Waals surface area (Å²) in [7, 11) is -3.68. The number of nitrogens with one attached hydrogen (secondary N) is 2. The van der Waals surface area contributed by atoms with Gasteiger partial charge in [0.25, 0.3) is 10.0 Å². The third-order valence-corrected chi connectivity index (χ3v) is 6.19. The van der Waals surface area contributed by atoms with E-state index in [9.17, 15) is 17.6 Å². The number of hydrogen-bond acceptors (Lipinski definition) is 4. The highest BCUT2D eigenvalue weighted by molar-refractivity contribution is 7.90. The van der Waals surface area contributed by atoms with Crippen molar-refractivity contribution in [1.82, 2.24) is 10.0 Å². The zero-order chi connectivity index (χ0) is 20.3. The Labute approximate surface area is 163 Å². The molecule has 0 saturated carbocycles. The number of benzene rings is 2. The quantitative estimate of drug-likeness (QED) is 0.777. The van der Waals surface area contributed by atoms with E-state index in [1.54, 1.807) is 36.4 Å². The molecule has 0 fully saturated rings. The van der Waals surface area contributed by atoms with Crippen molar-refractivity contribution < 1.29 is 17.6 Å². The Morgan fingerprint density at radius 1 is 1.18 bits per heavy atom. The summed E-state index contributed by atoms with van der Waals surface area (Å²) < 4.78 is 40.8. The van der Waals surface area contributed by atoms with E-state index in [2.05, 4.69) is 15.0 Å². The minimum atomic E-state index is -3.68. The fraction of sp³-hybridized carbons (Fsp3) is 0.300. The Balaban J connectivity index is 1.86. The standard InChI is InChI=1S/C20H22FN3O3S/c1-3-13(2)18(20(25)22-12-14-8-4-6-10-16(14)21)23-19-15-9-5-7-11-17(15)28(26,27)24-19/h4-11,13,18H,3,12H2,1-2H3,(H,22,25)(H,23,24)/t13-,18-/m0/s1. The molecular weight excluding hydrogens is 381 g/mol. The molecule has 3 rings (SSSR count). The van der Waals surface area contributed by atoms with Gasteiger partial charge in [0.05, 0.1) is 4.90 Å². The van der Waals surface area contributed by atoms with Crippen LogP contribution in [0.25, 0.3) is 0 Å². The molecule has 0 spiro atoms. The number of amides is 1. The number of aliphatic imine (C=N–C) groups is 1. The van der Waals surface area contributed by atoms with Crippen molar-refractivity contribution in [3.63, 3.8) is 0 Å². The lowest BCUT2D eigenvalue weighted by molar-refractivity contribution is -0.123. The lowest BCUT2D eigenvalue weighted by Crippen LogP contribution is -2.39. The van der Waals surface area contributed by atoms with Crippen molar-refractivity contribution in [3.8, 4) is 0 Å². The number of nitrogens with zero attached hydrogens (tertiary/aromatic N) is 1. The van der Waals surface area contributed by atoms with E-state index in [-0.39, 0.29) is 29.1 Å². The molecule has 1 amide bonds. The van der Waals surface area contributed by atoms with E-state index in [4.69, 9.17) is 0 Å². The first-order valence-electron chi connectivity index (χ1n) is 9.04. The Morgan fingerprint density at radius 3 is 2.57 bits per heavy atom. The van der Waals surface area contributed by atoms with Crippen molar-refractivity contribution >= 4 is 21.8 Å². The molecule has 28 heavy (non-hydrogen) atoms. The van der Waals surface area contributed by atoms with Gasteiger partial charge >= 0.3 is 0 Å². The monoisotopic (exact) mass is 403 g/mol. The van der Waals surface area contributed by atoms with E-state index in [0.29, 0.717) is 17.5 Å². The highest BCUT2D eigenvalue weighted by Crippen LogP contribution is 2.24. The Kier molecular flexibility index (Phi) is 5.79. The summed E-state index contributed by atoms with van der Waals surface area (Å²) in [5.74, 6) is -0.757. The van der Waals surface area contributed by atoms with Crippen LogP contribution in [-0.4, -0.2) is 26.2 Å². The maximum atomic E-state index is 13.8. The van der Waals surface area contributed by atoms with Gasteiger partial charge in [-0.25, -0.2) is 12.8 Å². The number of fused-ring (bicyclic) bond motifs is 1. The van der Waals surface area contributed by atoms with Gasteiger partial charge in [0.2, 0.25) is 5.91 Å². The highest BCUT2D eigenvalue weighted by Gasteiger charge is 2.33. The van der Waals surface area contributed by atoms with Crippen LogP contribution in [0.1, 0.15) is 31.4 Å². The lowest BCUT2D eigenvalue weighted by Gasteiger charge is -2.19. The molecule has 2 atom stereocenters. The molecule has 0 radical (unpaired) electrons. The number of rotatable bonds is 6. The smallest absolute Gasteiger partial charge is 0.263 e. The molecule has 2 aromatic carbocycles. The lowest BCUT2D eigenvalue weighted by atomic mass is 9.98. The first-order chi connectivity index (χ1) is 13.3. The second-order valence-corrected chi connectivity index (χ2v) is 8.37. The molecule has 0 bridgehead atoms. The molecule has 148 valence electrons. The molecular formula is C20H22FN3O3S. The maximum absolute atomic E-state index is 13.8. The van der Waals surface area contributed by atoms with E-state index in [0.717, 1.165) is 0 Å². The fourth-order valence-corrected chi connectivity index (χ4v) is 4.20. The first-order valence-corrected chi connectivity index (χ1v) is 10.5. The fourth-order valence-electron chi connectivity index (χ4n) is 2.97. The highest BCUT2D eigenvalue weighted by atomic mass is 32.2. The number of sulfonamides is 1.